The van der Waals surface area contributed by atoms with Crippen LogP contribution in [0.5, 0.6) is 11.5 Å². The third-order valence-electron chi connectivity index (χ3n) is 5.62. The Kier molecular flexibility index (Phi) is 7.13. The lowest BCUT2D eigenvalue weighted by atomic mass is 10.1. The van der Waals surface area contributed by atoms with Crippen molar-refractivity contribution < 1.29 is 19.1 Å². The highest BCUT2D eigenvalue weighted by Gasteiger charge is 2.33. The van der Waals surface area contributed by atoms with Crippen molar-refractivity contribution in [1.82, 2.24) is 9.80 Å². The van der Waals surface area contributed by atoms with Gasteiger partial charge in [-0.3, -0.25) is 9.59 Å². The van der Waals surface area contributed by atoms with Crippen molar-refractivity contribution in [3.8, 4) is 11.5 Å². The second-order valence-corrected chi connectivity index (χ2v) is 10.4. The zero-order chi connectivity index (χ0) is 20.1. The molecule has 2 amide bonds. The highest BCUT2D eigenvalue weighted by atomic mass is 33.1. The molecule has 8 heteroatoms. The number of carbonyl (C=O) groups excluding carboxylic acids is 2. The van der Waals surface area contributed by atoms with Crippen LogP contribution in [0.4, 0.5) is 0 Å². The zero-order valence-corrected chi connectivity index (χ0v) is 18.2. The number of benzene rings is 1. The van der Waals surface area contributed by atoms with E-state index >= 15 is 0 Å². The third kappa shape index (κ3) is 5.34. The standard InChI is InChI=1S/C21H28N2O4S2/c24-20(8-4-1-5-16-9-14-28-29-16)22-10-12-23(13-11-22)21(25)19-15-26-17-6-2-3-7-18(17)27-19/h2-3,6-7,16,19H,1,4-5,8-15H2/t16-,19+/m1/s1. The van der Waals surface area contributed by atoms with E-state index < -0.39 is 6.10 Å². The van der Waals surface area contributed by atoms with Crippen LogP contribution in [0.2, 0.25) is 0 Å². The molecule has 2 atom stereocenters. The zero-order valence-electron chi connectivity index (χ0n) is 16.6. The van der Waals surface area contributed by atoms with Crippen LogP contribution in [0.25, 0.3) is 0 Å². The molecule has 0 bridgehead atoms. The molecule has 3 aliphatic rings. The number of rotatable bonds is 6. The lowest BCUT2D eigenvalue weighted by Crippen LogP contribution is -2.55. The molecule has 158 valence electrons. The van der Waals surface area contributed by atoms with Crippen molar-refractivity contribution in [2.75, 3.05) is 38.5 Å². The molecule has 2 fully saturated rings. The summed E-state index contributed by atoms with van der Waals surface area (Å²) in [5.74, 6) is 2.72. The Morgan fingerprint density at radius 2 is 1.79 bits per heavy atom. The molecule has 3 heterocycles. The Morgan fingerprint density at radius 3 is 2.55 bits per heavy atom. The first-order chi connectivity index (χ1) is 14.2. The number of ether oxygens (including phenoxy) is 2. The molecule has 0 saturated carbocycles. The largest absolute Gasteiger partial charge is 0.485 e. The maximum atomic E-state index is 12.8. The Labute approximate surface area is 180 Å². The molecule has 4 rings (SSSR count). The smallest absolute Gasteiger partial charge is 0.267 e. The van der Waals surface area contributed by atoms with Crippen LogP contribution < -0.4 is 9.47 Å². The van der Waals surface area contributed by atoms with E-state index in [1.54, 1.807) is 4.90 Å². The van der Waals surface area contributed by atoms with Gasteiger partial charge in [-0.05, 0) is 31.4 Å². The first-order valence-corrected chi connectivity index (χ1v) is 12.8. The number of hydrogen-bond donors (Lipinski definition) is 0. The molecule has 6 nitrogen and oxygen atoms in total. The lowest BCUT2D eigenvalue weighted by molar-refractivity contribution is -0.146. The quantitative estimate of drug-likeness (QED) is 0.504. The number of hydrogen-bond acceptors (Lipinski definition) is 6. The molecular formula is C21H28N2O4S2. The fourth-order valence-electron chi connectivity index (χ4n) is 3.89. The topological polar surface area (TPSA) is 59.1 Å². The molecule has 0 unspecified atom stereocenters. The van der Waals surface area contributed by atoms with Gasteiger partial charge in [-0.2, -0.15) is 0 Å². The minimum Gasteiger partial charge on any atom is -0.485 e. The number of fused-ring (bicyclic) bond motifs is 1. The van der Waals surface area contributed by atoms with Gasteiger partial charge in [0, 0.05) is 43.6 Å². The number of amides is 2. The highest BCUT2D eigenvalue weighted by molar-refractivity contribution is 8.77. The van der Waals surface area contributed by atoms with Gasteiger partial charge in [0.15, 0.2) is 11.5 Å². The summed E-state index contributed by atoms with van der Waals surface area (Å²) in [6.07, 6.45) is 4.63. The summed E-state index contributed by atoms with van der Waals surface area (Å²) in [4.78, 5) is 29.0. The number of para-hydroxylation sites is 2. The SMILES string of the molecule is O=C(CCCC[C@@H]1CCSS1)N1CCN(C(=O)[C@@H]2COc3ccccc3O2)CC1. The predicted octanol–water partition coefficient (Wildman–Crippen LogP) is 3.21. The van der Waals surface area contributed by atoms with Crippen LogP contribution >= 0.6 is 21.6 Å². The van der Waals surface area contributed by atoms with Crippen LogP contribution in [0.15, 0.2) is 24.3 Å². The van der Waals surface area contributed by atoms with Gasteiger partial charge in [-0.25, -0.2) is 0 Å². The van der Waals surface area contributed by atoms with Gasteiger partial charge in [0.2, 0.25) is 12.0 Å². The number of nitrogens with zero attached hydrogens (tertiary/aromatic N) is 2. The number of piperazine rings is 1. The predicted molar refractivity (Wildman–Crippen MR) is 116 cm³/mol. The molecule has 29 heavy (non-hydrogen) atoms. The third-order valence-corrected chi connectivity index (χ3v) is 8.63. The lowest BCUT2D eigenvalue weighted by Gasteiger charge is -2.37. The second kappa shape index (κ2) is 9.98. The van der Waals surface area contributed by atoms with Crippen LogP contribution in [-0.4, -0.2) is 71.5 Å². The van der Waals surface area contributed by atoms with Crippen molar-refractivity contribution in [2.45, 2.75) is 43.5 Å². The summed E-state index contributed by atoms with van der Waals surface area (Å²) < 4.78 is 11.5. The monoisotopic (exact) mass is 436 g/mol. The van der Waals surface area contributed by atoms with Gasteiger partial charge in [0.1, 0.15) is 6.61 Å². The van der Waals surface area contributed by atoms with Gasteiger partial charge >= 0.3 is 0 Å². The Morgan fingerprint density at radius 1 is 1.03 bits per heavy atom. The van der Waals surface area contributed by atoms with Crippen LogP contribution in [0, 0.1) is 0 Å². The van der Waals surface area contributed by atoms with Crippen molar-refractivity contribution in [3.05, 3.63) is 24.3 Å². The van der Waals surface area contributed by atoms with E-state index in [1.807, 2.05) is 50.8 Å². The van der Waals surface area contributed by atoms with E-state index in [2.05, 4.69) is 0 Å². The van der Waals surface area contributed by atoms with Crippen molar-refractivity contribution in [2.24, 2.45) is 0 Å². The van der Waals surface area contributed by atoms with Gasteiger partial charge in [-0.15, -0.1) is 0 Å². The fourth-order valence-corrected chi connectivity index (χ4v) is 6.92. The molecular weight excluding hydrogens is 408 g/mol. The van der Waals surface area contributed by atoms with Gasteiger partial charge in [0.05, 0.1) is 0 Å². The van der Waals surface area contributed by atoms with Crippen molar-refractivity contribution in [1.29, 1.82) is 0 Å². The van der Waals surface area contributed by atoms with Gasteiger partial charge in [-0.1, -0.05) is 40.1 Å². The van der Waals surface area contributed by atoms with E-state index in [0.29, 0.717) is 44.1 Å². The summed E-state index contributed by atoms with van der Waals surface area (Å²) >= 11 is 0. The van der Waals surface area contributed by atoms with E-state index in [4.69, 9.17) is 9.47 Å². The second-order valence-electron chi connectivity index (χ2n) is 7.64. The Bertz CT molecular complexity index is 718. The molecule has 1 aromatic carbocycles. The Hall–Kier alpha value is -1.54. The minimum atomic E-state index is -0.612. The molecule has 0 aromatic heterocycles. The summed E-state index contributed by atoms with van der Waals surface area (Å²) in [6.45, 7) is 2.55. The van der Waals surface area contributed by atoms with E-state index in [-0.39, 0.29) is 18.4 Å². The van der Waals surface area contributed by atoms with Crippen molar-refractivity contribution >= 4 is 33.4 Å². The normalized spacial score (nSPS) is 23.9. The summed E-state index contributed by atoms with van der Waals surface area (Å²) in [7, 11) is 3.98. The minimum absolute atomic E-state index is 0.0569. The van der Waals surface area contributed by atoms with Crippen LogP contribution in [-0.2, 0) is 9.59 Å². The molecule has 3 aliphatic heterocycles. The summed E-state index contributed by atoms with van der Waals surface area (Å²) in [6, 6.07) is 7.40. The summed E-state index contributed by atoms with van der Waals surface area (Å²) in [5, 5.41) is 0.780. The number of carbonyl (C=O) groups is 2. The van der Waals surface area contributed by atoms with Gasteiger partial charge in [0.25, 0.3) is 5.91 Å². The number of unbranched alkanes of at least 4 members (excludes halogenated alkanes) is 1. The van der Waals surface area contributed by atoms with E-state index in [1.165, 1.54) is 18.6 Å². The van der Waals surface area contributed by atoms with Crippen LogP contribution in [0.1, 0.15) is 32.1 Å². The molecule has 0 radical (unpaired) electrons. The maximum Gasteiger partial charge on any atom is 0.267 e. The molecule has 1 aromatic rings. The van der Waals surface area contributed by atoms with Crippen molar-refractivity contribution in [3.63, 3.8) is 0 Å². The van der Waals surface area contributed by atoms with E-state index in [9.17, 15) is 9.59 Å². The first kappa shape index (κ1) is 20.7. The molecule has 0 spiro atoms. The molecule has 0 N–H and O–H groups in total. The average molecular weight is 437 g/mol. The maximum absolute atomic E-state index is 12.8. The fraction of sp³-hybridized carbons (Fsp3) is 0.619. The molecule has 2 saturated heterocycles. The highest BCUT2D eigenvalue weighted by Crippen LogP contribution is 2.40. The Balaban J connectivity index is 1.17. The summed E-state index contributed by atoms with van der Waals surface area (Å²) in [5.41, 5.74) is 0. The van der Waals surface area contributed by atoms with E-state index in [0.717, 1.165) is 18.1 Å². The van der Waals surface area contributed by atoms with Gasteiger partial charge < -0.3 is 19.3 Å². The van der Waals surface area contributed by atoms with Crippen LogP contribution in [0.3, 0.4) is 0 Å². The average Bonchev–Trinajstić information content (AvgIpc) is 3.29. The molecule has 0 aliphatic carbocycles. The first-order valence-electron chi connectivity index (χ1n) is 10.4.